The minimum atomic E-state index is -1.63. The van der Waals surface area contributed by atoms with E-state index in [9.17, 15) is 15.0 Å². The average Bonchev–Trinajstić information content (AvgIpc) is 2.37. The van der Waals surface area contributed by atoms with Crippen LogP contribution in [0.4, 0.5) is 0 Å². The lowest BCUT2D eigenvalue weighted by Crippen LogP contribution is -2.29. The number of aliphatic hydroxyl groups is 2. The topological polar surface area (TPSA) is 88.9 Å². The van der Waals surface area contributed by atoms with Gasteiger partial charge in [-0.2, -0.15) is 0 Å². The van der Waals surface area contributed by atoms with E-state index in [1.807, 2.05) is 6.92 Å². The summed E-state index contributed by atoms with van der Waals surface area (Å²) in [7, 11) is 1.13. The van der Waals surface area contributed by atoms with Crippen LogP contribution in [0, 0.1) is 0 Å². The van der Waals surface area contributed by atoms with E-state index >= 15 is 0 Å². The van der Waals surface area contributed by atoms with Crippen molar-refractivity contribution in [3.8, 4) is 5.88 Å². The van der Waals surface area contributed by atoms with E-state index in [0.29, 0.717) is 18.1 Å². The Kier molecular flexibility index (Phi) is 4.86. The fourth-order valence-electron chi connectivity index (χ4n) is 1.23. The van der Waals surface area contributed by atoms with E-state index in [1.54, 1.807) is 6.07 Å². The molecule has 6 heteroatoms. The number of esters is 1. The molecule has 0 saturated heterocycles. The molecule has 0 amide bonds. The summed E-state index contributed by atoms with van der Waals surface area (Å²) in [6.45, 7) is 2.31. The molecule has 1 aromatic rings. The van der Waals surface area contributed by atoms with Crippen LogP contribution in [-0.4, -0.2) is 41.0 Å². The van der Waals surface area contributed by atoms with Crippen molar-refractivity contribution < 1.29 is 24.5 Å². The maximum Gasteiger partial charge on any atom is 0.337 e. The van der Waals surface area contributed by atoms with E-state index in [1.165, 1.54) is 12.3 Å². The molecule has 0 aliphatic carbocycles. The molecule has 1 aromatic heterocycles. The third kappa shape index (κ3) is 3.40. The van der Waals surface area contributed by atoms with Gasteiger partial charge in [0.25, 0.3) is 0 Å². The molecule has 2 N–H and O–H groups in total. The van der Waals surface area contributed by atoms with Gasteiger partial charge in [-0.05, 0) is 13.0 Å². The van der Waals surface area contributed by atoms with Crippen LogP contribution >= 0.6 is 0 Å². The number of hydrogen-bond donors (Lipinski definition) is 2. The number of aliphatic hydroxyl groups excluding tert-OH is 2. The molecular weight excluding hydrogens is 226 g/mol. The van der Waals surface area contributed by atoms with E-state index < -0.39 is 18.2 Å². The lowest BCUT2D eigenvalue weighted by Gasteiger charge is -2.15. The molecule has 0 fully saturated rings. The summed E-state index contributed by atoms with van der Waals surface area (Å²) < 4.78 is 9.45. The lowest BCUT2D eigenvalue weighted by atomic mass is 10.1. The van der Waals surface area contributed by atoms with E-state index in [4.69, 9.17) is 4.74 Å². The number of hydrogen-bond acceptors (Lipinski definition) is 6. The number of methoxy groups -OCH3 is 1. The summed E-state index contributed by atoms with van der Waals surface area (Å²) in [5, 5.41) is 19.1. The van der Waals surface area contributed by atoms with Crippen molar-refractivity contribution in [2.24, 2.45) is 0 Å². The summed E-state index contributed by atoms with van der Waals surface area (Å²) >= 11 is 0. The van der Waals surface area contributed by atoms with Gasteiger partial charge in [0, 0.05) is 17.8 Å². The van der Waals surface area contributed by atoms with Gasteiger partial charge in [0.1, 0.15) is 6.10 Å². The molecule has 2 atom stereocenters. The smallest absolute Gasteiger partial charge is 0.337 e. The number of aromatic nitrogens is 1. The predicted octanol–water partition coefficient (Wildman–Crippen LogP) is 0.0476. The van der Waals surface area contributed by atoms with Crippen molar-refractivity contribution in [3.05, 3.63) is 23.9 Å². The van der Waals surface area contributed by atoms with Crippen molar-refractivity contribution in [1.82, 2.24) is 4.98 Å². The third-order valence-corrected chi connectivity index (χ3v) is 2.13. The first-order chi connectivity index (χ1) is 8.10. The molecule has 0 aliphatic heterocycles. The molecule has 0 spiro atoms. The molecule has 0 bridgehead atoms. The van der Waals surface area contributed by atoms with Crippen LogP contribution in [0.25, 0.3) is 0 Å². The fourth-order valence-corrected chi connectivity index (χ4v) is 1.23. The van der Waals surface area contributed by atoms with Gasteiger partial charge >= 0.3 is 5.97 Å². The van der Waals surface area contributed by atoms with Gasteiger partial charge in [0.15, 0.2) is 6.10 Å². The zero-order valence-electron chi connectivity index (χ0n) is 9.66. The Morgan fingerprint density at radius 2 is 2.18 bits per heavy atom. The Balaban J connectivity index is 2.75. The van der Waals surface area contributed by atoms with Gasteiger partial charge in [-0.1, -0.05) is 0 Å². The van der Waals surface area contributed by atoms with Crippen molar-refractivity contribution in [1.29, 1.82) is 0 Å². The molecule has 6 nitrogen and oxygen atoms in total. The van der Waals surface area contributed by atoms with Crippen molar-refractivity contribution in [2.75, 3.05) is 13.7 Å². The van der Waals surface area contributed by atoms with Crippen LogP contribution in [-0.2, 0) is 9.53 Å². The highest BCUT2D eigenvalue weighted by molar-refractivity contribution is 5.75. The van der Waals surface area contributed by atoms with Gasteiger partial charge in [-0.25, -0.2) is 9.78 Å². The number of carbonyl (C=O) groups excluding carboxylic acids is 1. The summed E-state index contributed by atoms with van der Waals surface area (Å²) in [6, 6.07) is 3.07. The Hall–Kier alpha value is -1.66. The SMILES string of the molecule is CCOc1ccc(C(O)C(O)C(=O)OC)cn1. The van der Waals surface area contributed by atoms with Crippen LogP contribution in [0.5, 0.6) is 5.88 Å². The molecule has 1 heterocycles. The minimum Gasteiger partial charge on any atom is -0.478 e. The van der Waals surface area contributed by atoms with Crippen molar-refractivity contribution >= 4 is 5.97 Å². The van der Waals surface area contributed by atoms with Crippen molar-refractivity contribution in [3.63, 3.8) is 0 Å². The standard InChI is InChI=1S/C11H15NO5/c1-3-17-8-5-4-7(6-12-8)9(13)10(14)11(15)16-2/h4-6,9-10,13-14H,3H2,1-2H3. The Morgan fingerprint density at radius 3 is 2.65 bits per heavy atom. The van der Waals surface area contributed by atoms with Crippen LogP contribution in [0.2, 0.25) is 0 Å². The normalized spacial score (nSPS) is 13.9. The van der Waals surface area contributed by atoms with Gasteiger partial charge < -0.3 is 19.7 Å². The quantitative estimate of drug-likeness (QED) is 0.708. The van der Waals surface area contributed by atoms with E-state index in [2.05, 4.69) is 9.72 Å². The molecule has 94 valence electrons. The van der Waals surface area contributed by atoms with Gasteiger partial charge in [0.2, 0.25) is 5.88 Å². The predicted molar refractivity (Wildman–Crippen MR) is 58.4 cm³/mol. The lowest BCUT2D eigenvalue weighted by molar-refractivity contribution is -0.156. The van der Waals surface area contributed by atoms with Crippen LogP contribution < -0.4 is 4.74 Å². The van der Waals surface area contributed by atoms with Gasteiger partial charge in [0.05, 0.1) is 13.7 Å². The fraction of sp³-hybridized carbons (Fsp3) is 0.455. The number of ether oxygens (including phenoxy) is 2. The van der Waals surface area contributed by atoms with Crippen LogP contribution in [0.3, 0.4) is 0 Å². The molecule has 0 saturated carbocycles. The second kappa shape index (κ2) is 6.17. The molecule has 1 rings (SSSR count). The highest BCUT2D eigenvalue weighted by Crippen LogP contribution is 2.18. The molecule has 0 radical (unpaired) electrons. The second-order valence-corrected chi connectivity index (χ2v) is 3.28. The summed E-state index contributed by atoms with van der Waals surface area (Å²) in [5.41, 5.74) is 0.311. The second-order valence-electron chi connectivity index (χ2n) is 3.28. The van der Waals surface area contributed by atoms with Gasteiger partial charge in [-0.15, -0.1) is 0 Å². The Morgan fingerprint density at radius 1 is 1.47 bits per heavy atom. The Bertz CT molecular complexity index is 365. The highest BCUT2D eigenvalue weighted by atomic mass is 16.5. The molecule has 0 aliphatic rings. The number of carbonyl (C=O) groups is 1. The summed E-state index contributed by atoms with van der Waals surface area (Å²) in [5.74, 6) is -0.484. The summed E-state index contributed by atoms with van der Waals surface area (Å²) in [4.78, 5) is 14.9. The first kappa shape index (κ1) is 13.4. The number of rotatable bonds is 5. The zero-order chi connectivity index (χ0) is 12.8. The molecule has 2 unspecified atom stereocenters. The zero-order valence-corrected chi connectivity index (χ0v) is 9.66. The molecular formula is C11H15NO5. The maximum absolute atomic E-state index is 11.0. The van der Waals surface area contributed by atoms with Crippen LogP contribution in [0.1, 0.15) is 18.6 Å². The first-order valence-electron chi connectivity index (χ1n) is 5.12. The highest BCUT2D eigenvalue weighted by Gasteiger charge is 2.26. The first-order valence-corrected chi connectivity index (χ1v) is 5.12. The third-order valence-electron chi connectivity index (χ3n) is 2.13. The van der Waals surface area contributed by atoms with Crippen molar-refractivity contribution in [2.45, 2.75) is 19.1 Å². The molecule has 0 aromatic carbocycles. The molecule has 17 heavy (non-hydrogen) atoms. The largest absolute Gasteiger partial charge is 0.478 e. The average molecular weight is 241 g/mol. The minimum absolute atomic E-state index is 0.311. The van der Waals surface area contributed by atoms with Gasteiger partial charge in [-0.3, -0.25) is 0 Å². The van der Waals surface area contributed by atoms with E-state index in [0.717, 1.165) is 7.11 Å². The maximum atomic E-state index is 11.0. The number of nitrogens with zero attached hydrogens (tertiary/aromatic N) is 1. The summed E-state index contributed by atoms with van der Waals surface area (Å²) in [6.07, 6.45) is -1.66. The number of pyridine rings is 1. The van der Waals surface area contributed by atoms with E-state index in [-0.39, 0.29) is 0 Å². The van der Waals surface area contributed by atoms with Crippen LogP contribution in [0.15, 0.2) is 18.3 Å². The Labute approximate surface area is 98.8 Å². The monoisotopic (exact) mass is 241 g/mol.